The number of aromatic nitrogens is 2. The number of nitrogens with zero attached hydrogens (tertiary/aromatic N) is 2. The number of hydrogen-bond acceptors (Lipinski definition) is 2. The Morgan fingerprint density at radius 2 is 2.40 bits per heavy atom. The fourth-order valence-corrected chi connectivity index (χ4v) is 1.03. The van der Waals surface area contributed by atoms with Crippen molar-refractivity contribution in [3.63, 3.8) is 0 Å². The SMILES string of the molecule is Cc1cn(C)c(CCN)n1. The molecule has 10 heavy (non-hydrogen) atoms. The van der Waals surface area contributed by atoms with Crippen LogP contribution >= 0.6 is 0 Å². The molecular weight excluding hydrogens is 126 g/mol. The average Bonchev–Trinajstić information content (AvgIpc) is 2.13. The molecule has 0 spiro atoms. The van der Waals surface area contributed by atoms with E-state index in [1.807, 2.05) is 24.7 Å². The fraction of sp³-hybridized carbons (Fsp3) is 0.571. The van der Waals surface area contributed by atoms with Gasteiger partial charge in [-0.25, -0.2) is 4.98 Å². The third-order valence-electron chi connectivity index (χ3n) is 1.46. The molecule has 0 saturated heterocycles. The lowest BCUT2D eigenvalue weighted by molar-refractivity contribution is 0.777. The second kappa shape index (κ2) is 2.84. The highest BCUT2D eigenvalue weighted by Gasteiger charge is 1.98. The van der Waals surface area contributed by atoms with Crippen molar-refractivity contribution in [2.75, 3.05) is 6.54 Å². The Labute approximate surface area is 60.9 Å². The number of hydrogen-bond donors (Lipinski definition) is 1. The summed E-state index contributed by atoms with van der Waals surface area (Å²) in [5.41, 5.74) is 6.45. The van der Waals surface area contributed by atoms with E-state index in [-0.39, 0.29) is 0 Å². The molecule has 2 N–H and O–H groups in total. The third kappa shape index (κ3) is 1.36. The van der Waals surface area contributed by atoms with Crippen molar-refractivity contribution in [3.05, 3.63) is 17.7 Å². The first-order valence-corrected chi connectivity index (χ1v) is 3.43. The molecule has 0 amide bonds. The molecule has 56 valence electrons. The quantitative estimate of drug-likeness (QED) is 0.637. The van der Waals surface area contributed by atoms with Gasteiger partial charge in [-0.1, -0.05) is 0 Å². The predicted molar refractivity (Wildman–Crippen MR) is 40.7 cm³/mol. The summed E-state index contributed by atoms with van der Waals surface area (Å²) in [6.45, 7) is 2.66. The van der Waals surface area contributed by atoms with Crippen LogP contribution in [0.2, 0.25) is 0 Å². The van der Waals surface area contributed by atoms with E-state index < -0.39 is 0 Å². The molecule has 0 aliphatic carbocycles. The maximum atomic E-state index is 5.39. The lowest BCUT2D eigenvalue weighted by Crippen LogP contribution is -2.07. The van der Waals surface area contributed by atoms with Crippen LogP contribution in [0.15, 0.2) is 6.20 Å². The lowest BCUT2D eigenvalue weighted by Gasteiger charge is -1.96. The first-order chi connectivity index (χ1) is 4.74. The minimum atomic E-state index is 0.671. The van der Waals surface area contributed by atoms with E-state index in [0.717, 1.165) is 17.9 Å². The number of rotatable bonds is 2. The minimum absolute atomic E-state index is 0.671. The summed E-state index contributed by atoms with van der Waals surface area (Å²) in [4.78, 5) is 4.28. The third-order valence-corrected chi connectivity index (χ3v) is 1.46. The molecule has 0 aromatic carbocycles. The highest BCUT2D eigenvalue weighted by molar-refractivity contribution is 5.01. The molecule has 0 radical (unpaired) electrons. The predicted octanol–water partition coefficient (Wildman–Crippen LogP) is 0.230. The van der Waals surface area contributed by atoms with Crippen LogP contribution in [-0.2, 0) is 13.5 Å². The van der Waals surface area contributed by atoms with E-state index in [0.29, 0.717) is 6.54 Å². The molecule has 3 nitrogen and oxygen atoms in total. The summed E-state index contributed by atoms with van der Waals surface area (Å²) in [6.07, 6.45) is 2.87. The van der Waals surface area contributed by atoms with Crippen LogP contribution in [0.1, 0.15) is 11.5 Å². The normalized spacial score (nSPS) is 10.3. The van der Waals surface area contributed by atoms with Crippen LogP contribution < -0.4 is 5.73 Å². The van der Waals surface area contributed by atoms with E-state index in [1.54, 1.807) is 0 Å². The molecule has 0 bridgehead atoms. The average molecular weight is 139 g/mol. The van der Waals surface area contributed by atoms with E-state index in [9.17, 15) is 0 Å². The summed E-state index contributed by atoms with van der Waals surface area (Å²) in [7, 11) is 1.99. The molecule has 0 aliphatic rings. The van der Waals surface area contributed by atoms with Crippen LogP contribution in [0.3, 0.4) is 0 Å². The molecule has 1 rings (SSSR count). The van der Waals surface area contributed by atoms with Gasteiger partial charge >= 0.3 is 0 Å². The Hall–Kier alpha value is -0.830. The molecule has 0 fully saturated rings. The summed E-state index contributed by atoms with van der Waals surface area (Å²) in [6, 6.07) is 0. The van der Waals surface area contributed by atoms with Gasteiger partial charge in [0.15, 0.2) is 0 Å². The zero-order chi connectivity index (χ0) is 7.56. The second-order valence-corrected chi connectivity index (χ2v) is 2.45. The first-order valence-electron chi connectivity index (χ1n) is 3.43. The van der Waals surface area contributed by atoms with E-state index in [4.69, 9.17) is 5.73 Å². The molecule has 1 heterocycles. The molecular formula is C7H13N3. The lowest BCUT2D eigenvalue weighted by atomic mass is 10.4. The summed E-state index contributed by atoms with van der Waals surface area (Å²) in [5.74, 6) is 1.07. The van der Waals surface area contributed by atoms with Crippen molar-refractivity contribution in [1.82, 2.24) is 9.55 Å². The minimum Gasteiger partial charge on any atom is -0.338 e. The highest BCUT2D eigenvalue weighted by Crippen LogP contribution is 1.98. The monoisotopic (exact) mass is 139 g/mol. The number of aryl methyl sites for hydroxylation is 2. The van der Waals surface area contributed by atoms with Crippen molar-refractivity contribution in [2.24, 2.45) is 12.8 Å². The Bertz CT molecular complexity index is 215. The Morgan fingerprint density at radius 3 is 2.80 bits per heavy atom. The Morgan fingerprint density at radius 1 is 1.70 bits per heavy atom. The van der Waals surface area contributed by atoms with Crippen molar-refractivity contribution < 1.29 is 0 Å². The molecule has 0 unspecified atom stereocenters. The van der Waals surface area contributed by atoms with Crippen molar-refractivity contribution in [1.29, 1.82) is 0 Å². The van der Waals surface area contributed by atoms with Crippen LogP contribution in [0, 0.1) is 6.92 Å². The molecule has 3 heteroatoms. The van der Waals surface area contributed by atoms with Gasteiger partial charge in [0.1, 0.15) is 5.82 Å². The van der Waals surface area contributed by atoms with Crippen LogP contribution in [0.4, 0.5) is 0 Å². The summed E-state index contributed by atoms with van der Waals surface area (Å²) >= 11 is 0. The van der Waals surface area contributed by atoms with Gasteiger partial charge in [0.25, 0.3) is 0 Å². The standard InChI is InChI=1S/C7H13N3/c1-6-5-10(2)7(9-6)3-4-8/h5H,3-4,8H2,1-2H3. The second-order valence-electron chi connectivity index (χ2n) is 2.45. The maximum absolute atomic E-state index is 5.39. The molecule has 1 aromatic heterocycles. The molecule has 1 aromatic rings. The molecule has 0 aliphatic heterocycles. The number of nitrogens with two attached hydrogens (primary N) is 1. The number of imidazole rings is 1. The van der Waals surface area contributed by atoms with Gasteiger partial charge in [-0.15, -0.1) is 0 Å². The van der Waals surface area contributed by atoms with Crippen LogP contribution in [-0.4, -0.2) is 16.1 Å². The van der Waals surface area contributed by atoms with Crippen molar-refractivity contribution >= 4 is 0 Å². The Kier molecular flexibility index (Phi) is 2.06. The van der Waals surface area contributed by atoms with Crippen molar-refractivity contribution in [2.45, 2.75) is 13.3 Å². The highest BCUT2D eigenvalue weighted by atomic mass is 15.0. The van der Waals surface area contributed by atoms with Gasteiger partial charge in [-0.2, -0.15) is 0 Å². The smallest absolute Gasteiger partial charge is 0.109 e. The fourth-order valence-electron chi connectivity index (χ4n) is 1.03. The molecule has 0 atom stereocenters. The topological polar surface area (TPSA) is 43.8 Å². The largest absolute Gasteiger partial charge is 0.338 e. The van der Waals surface area contributed by atoms with E-state index in [1.165, 1.54) is 0 Å². The van der Waals surface area contributed by atoms with Crippen molar-refractivity contribution in [3.8, 4) is 0 Å². The van der Waals surface area contributed by atoms with Crippen LogP contribution in [0.25, 0.3) is 0 Å². The maximum Gasteiger partial charge on any atom is 0.109 e. The van der Waals surface area contributed by atoms with Gasteiger partial charge in [0.05, 0.1) is 5.69 Å². The van der Waals surface area contributed by atoms with E-state index in [2.05, 4.69) is 4.98 Å². The van der Waals surface area contributed by atoms with Gasteiger partial charge in [-0.05, 0) is 13.5 Å². The Balaban J connectivity index is 2.81. The van der Waals surface area contributed by atoms with Gasteiger partial charge in [-0.3, -0.25) is 0 Å². The van der Waals surface area contributed by atoms with Gasteiger partial charge in [0.2, 0.25) is 0 Å². The van der Waals surface area contributed by atoms with Gasteiger partial charge in [0, 0.05) is 19.7 Å². The van der Waals surface area contributed by atoms with Gasteiger partial charge < -0.3 is 10.3 Å². The first kappa shape index (κ1) is 7.28. The summed E-state index contributed by atoms with van der Waals surface area (Å²) < 4.78 is 2.02. The summed E-state index contributed by atoms with van der Waals surface area (Å²) in [5, 5.41) is 0. The zero-order valence-electron chi connectivity index (χ0n) is 6.46. The van der Waals surface area contributed by atoms with E-state index >= 15 is 0 Å². The zero-order valence-corrected chi connectivity index (χ0v) is 6.46. The van der Waals surface area contributed by atoms with Crippen LogP contribution in [0.5, 0.6) is 0 Å². The molecule has 0 saturated carbocycles.